The summed E-state index contributed by atoms with van der Waals surface area (Å²) in [6, 6.07) is 13.0. The monoisotopic (exact) mass is 263 g/mol. The molecule has 0 atom stereocenters. The molecular weight excluding hydrogens is 250 g/mol. The van der Waals surface area contributed by atoms with E-state index in [0.29, 0.717) is 28.8 Å². The maximum atomic E-state index is 6.15. The van der Waals surface area contributed by atoms with Crippen LogP contribution in [0.15, 0.2) is 42.5 Å². The van der Waals surface area contributed by atoms with Gasteiger partial charge in [-0.3, -0.25) is 0 Å². The number of methoxy groups -OCH3 is 1. The largest absolute Gasteiger partial charge is 0.495 e. The molecule has 0 spiro atoms. The lowest BCUT2D eigenvalue weighted by Gasteiger charge is -2.10. The minimum atomic E-state index is 0.461. The highest BCUT2D eigenvalue weighted by atomic mass is 35.5. The van der Waals surface area contributed by atoms with Crippen molar-refractivity contribution in [2.45, 2.75) is 6.54 Å². The topological polar surface area (TPSA) is 44.5 Å². The SMILES string of the molecule is COc1cccc(Oc2ccc(CN)cc2)c1Cl. The van der Waals surface area contributed by atoms with Crippen LogP contribution in [0.25, 0.3) is 0 Å². The molecule has 0 amide bonds. The molecule has 0 aliphatic heterocycles. The maximum absolute atomic E-state index is 6.15. The van der Waals surface area contributed by atoms with Crippen LogP contribution in [0.5, 0.6) is 17.2 Å². The van der Waals surface area contributed by atoms with E-state index in [1.54, 1.807) is 19.2 Å². The van der Waals surface area contributed by atoms with Crippen molar-refractivity contribution in [2.24, 2.45) is 5.73 Å². The highest BCUT2D eigenvalue weighted by Crippen LogP contribution is 2.36. The number of halogens is 1. The summed E-state index contributed by atoms with van der Waals surface area (Å²) in [5, 5.41) is 0.461. The highest BCUT2D eigenvalue weighted by molar-refractivity contribution is 6.33. The molecule has 3 nitrogen and oxygen atoms in total. The lowest BCUT2D eigenvalue weighted by molar-refractivity contribution is 0.409. The van der Waals surface area contributed by atoms with Gasteiger partial charge in [0.2, 0.25) is 0 Å². The van der Waals surface area contributed by atoms with Gasteiger partial charge in [0, 0.05) is 6.54 Å². The average Bonchev–Trinajstić information content (AvgIpc) is 2.42. The molecule has 0 aliphatic rings. The normalized spacial score (nSPS) is 10.2. The lowest BCUT2D eigenvalue weighted by Crippen LogP contribution is -1.95. The zero-order valence-electron chi connectivity index (χ0n) is 10.0. The van der Waals surface area contributed by atoms with Gasteiger partial charge in [-0.1, -0.05) is 29.8 Å². The summed E-state index contributed by atoms with van der Waals surface area (Å²) in [6.45, 7) is 0.514. The Labute approximate surface area is 111 Å². The third kappa shape index (κ3) is 2.75. The van der Waals surface area contributed by atoms with Crippen LogP contribution in [0.3, 0.4) is 0 Å². The summed E-state index contributed by atoms with van der Waals surface area (Å²) in [5.41, 5.74) is 6.59. The maximum Gasteiger partial charge on any atom is 0.149 e. The van der Waals surface area contributed by atoms with E-state index in [-0.39, 0.29) is 0 Å². The quantitative estimate of drug-likeness (QED) is 0.917. The van der Waals surface area contributed by atoms with Crippen LogP contribution in [-0.4, -0.2) is 7.11 Å². The van der Waals surface area contributed by atoms with E-state index in [0.717, 1.165) is 5.56 Å². The molecule has 0 aliphatic carbocycles. The second-order valence-corrected chi connectivity index (χ2v) is 4.10. The van der Waals surface area contributed by atoms with E-state index in [2.05, 4.69) is 0 Å². The molecule has 0 saturated carbocycles. The van der Waals surface area contributed by atoms with E-state index >= 15 is 0 Å². The fourth-order valence-electron chi connectivity index (χ4n) is 1.55. The molecule has 2 aromatic rings. The van der Waals surface area contributed by atoms with Gasteiger partial charge in [-0.25, -0.2) is 0 Å². The van der Waals surface area contributed by atoms with Gasteiger partial charge in [-0.2, -0.15) is 0 Å². The van der Waals surface area contributed by atoms with Gasteiger partial charge >= 0.3 is 0 Å². The zero-order chi connectivity index (χ0) is 13.0. The van der Waals surface area contributed by atoms with Crippen LogP contribution in [0.4, 0.5) is 0 Å². The van der Waals surface area contributed by atoms with Crippen LogP contribution < -0.4 is 15.2 Å². The summed E-state index contributed by atoms with van der Waals surface area (Å²) in [6.07, 6.45) is 0. The van der Waals surface area contributed by atoms with E-state index in [4.69, 9.17) is 26.8 Å². The molecule has 2 rings (SSSR count). The van der Waals surface area contributed by atoms with Crippen molar-refractivity contribution in [3.8, 4) is 17.2 Å². The Kier molecular flexibility index (Phi) is 4.07. The number of hydrogen-bond acceptors (Lipinski definition) is 3. The molecule has 0 unspecified atom stereocenters. The summed E-state index contributed by atoms with van der Waals surface area (Å²) < 4.78 is 10.8. The summed E-state index contributed by atoms with van der Waals surface area (Å²) in [5.74, 6) is 1.87. The fourth-order valence-corrected chi connectivity index (χ4v) is 1.79. The van der Waals surface area contributed by atoms with Crippen LogP contribution in [0, 0.1) is 0 Å². The third-order valence-electron chi connectivity index (χ3n) is 2.53. The van der Waals surface area contributed by atoms with Crippen LogP contribution in [0.1, 0.15) is 5.56 Å². The van der Waals surface area contributed by atoms with Crippen molar-refractivity contribution in [1.29, 1.82) is 0 Å². The van der Waals surface area contributed by atoms with Gasteiger partial charge in [0.1, 0.15) is 22.3 Å². The van der Waals surface area contributed by atoms with Crippen molar-refractivity contribution in [2.75, 3.05) is 7.11 Å². The first-order valence-corrected chi connectivity index (χ1v) is 5.91. The van der Waals surface area contributed by atoms with Gasteiger partial charge in [0.25, 0.3) is 0 Å². The first-order chi connectivity index (χ1) is 8.74. The number of hydrogen-bond donors (Lipinski definition) is 1. The fraction of sp³-hybridized carbons (Fsp3) is 0.143. The smallest absolute Gasteiger partial charge is 0.149 e. The molecular formula is C14H14ClNO2. The number of nitrogens with two attached hydrogens (primary N) is 1. The Morgan fingerprint density at radius 2 is 1.72 bits per heavy atom. The van der Waals surface area contributed by atoms with Gasteiger partial charge in [-0.15, -0.1) is 0 Å². The molecule has 0 saturated heterocycles. The predicted molar refractivity (Wildman–Crippen MR) is 72.4 cm³/mol. The first kappa shape index (κ1) is 12.7. The van der Waals surface area contributed by atoms with Crippen molar-refractivity contribution >= 4 is 11.6 Å². The van der Waals surface area contributed by atoms with Gasteiger partial charge in [-0.05, 0) is 29.8 Å². The molecule has 0 aromatic heterocycles. The van der Waals surface area contributed by atoms with Gasteiger partial charge in [0.15, 0.2) is 0 Å². The molecule has 0 radical (unpaired) electrons. The zero-order valence-corrected chi connectivity index (χ0v) is 10.8. The van der Waals surface area contributed by atoms with E-state index in [9.17, 15) is 0 Å². The molecule has 94 valence electrons. The summed E-state index contributed by atoms with van der Waals surface area (Å²) in [4.78, 5) is 0. The second kappa shape index (κ2) is 5.76. The minimum absolute atomic E-state index is 0.461. The average molecular weight is 264 g/mol. The van der Waals surface area contributed by atoms with Gasteiger partial charge in [0.05, 0.1) is 7.11 Å². The number of rotatable bonds is 4. The Morgan fingerprint density at radius 1 is 1.06 bits per heavy atom. The van der Waals surface area contributed by atoms with Gasteiger partial charge < -0.3 is 15.2 Å². The Hall–Kier alpha value is -1.71. The van der Waals surface area contributed by atoms with Crippen LogP contribution in [0.2, 0.25) is 5.02 Å². The minimum Gasteiger partial charge on any atom is -0.495 e. The second-order valence-electron chi connectivity index (χ2n) is 3.72. The van der Waals surface area contributed by atoms with Crippen LogP contribution in [-0.2, 0) is 6.54 Å². The molecule has 18 heavy (non-hydrogen) atoms. The van der Waals surface area contributed by atoms with E-state index < -0.39 is 0 Å². The molecule has 0 fully saturated rings. The number of benzene rings is 2. The molecule has 2 N–H and O–H groups in total. The van der Waals surface area contributed by atoms with Crippen molar-refractivity contribution in [1.82, 2.24) is 0 Å². The predicted octanol–water partition coefficient (Wildman–Crippen LogP) is 3.60. The van der Waals surface area contributed by atoms with Crippen molar-refractivity contribution < 1.29 is 9.47 Å². The summed E-state index contributed by atoms with van der Waals surface area (Å²) >= 11 is 6.15. The van der Waals surface area contributed by atoms with Crippen molar-refractivity contribution in [3.05, 3.63) is 53.1 Å². The number of ether oxygens (including phenoxy) is 2. The molecule has 0 heterocycles. The third-order valence-corrected chi connectivity index (χ3v) is 2.91. The highest BCUT2D eigenvalue weighted by Gasteiger charge is 2.08. The van der Waals surface area contributed by atoms with Crippen molar-refractivity contribution in [3.63, 3.8) is 0 Å². The molecule has 4 heteroatoms. The Morgan fingerprint density at radius 3 is 2.33 bits per heavy atom. The Bertz CT molecular complexity index is 526. The van der Waals surface area contributed by atoms with Crippen LogP contribution >= 0.6 is 11.6 Å². The van der Waals surface area contributed by atoms with E-state index in [1.165, 1.54) is 0 Å². The molecule has 2 aromatic carbocycles. The lowest BCUT2D eigenvalue weighted by atomic mass is 10.2. The Balaban J connectivity index is 2.22. The summed E-state index contributed by atoms with van der Waals surface area (Å²) in [7, 11) is 1.57. The van der Waals surface area contributed by atoms with E-state index in [1.807, 2.05) is 30.3 Å². The standard InChI is InChI=1S/C14H14ClNO2/c1-17-12-3-2-4-13(14(12)15)18-11-7-5-10(9-16)6-8-11/h2-8H,9,16H2,1H3. The molecule has 0 bridgehead atoms. The first-order valence-electron chi connectivity index (χ1n) is 5.54.